The first kappa shape index (κ1) is 19.3. The zero-order chi connectivity index (χ0) is 17.7. The maximum Gasteiger partial charge on any atom is 0.406 e. The predicted octanol–water partition coefficient (Wildman–Crippen LogP) is 4.06. The highest BCUT2D eigenvalue weighted by molar-refractivity contribution is 5.78. The van der Waals surface area contributed by atoms with E-state index < -0.39 is 30.7 Å². The number of nitrogens with zero attached hydrogens (tertiary/aromatic N) is 1. The number of ether oxygens (including phenoxy) is 1. The van der Waals surface area contributed by atoms with E-state index in [1.54, 1.807) is 32.9 Å². The maximum absolute atomic E-state index is 12.7. The first-order valence-corrected chi connectivity index (χ1v) is 7.57. The molecule has 0 aliphatic carbocycles. The number of para-hydroxylation sites is 1. The SMILES string of the molecule is CCc1ccccc1OCC(=O)N(CC(C)(C)C)CC(F)(F)F. The zero-order valence-electron chi connectivity index (χ0n) is 14.0. The van der Waals surface area contributed by atoms with Crippen LogP contribution in [0.1, 0.15) is 33.3 Å². The van der Waals surface area contributed by atoms with E-state index in [1.165, 1.54) is 0 Å². The van der Waals surface area contributed by atoms with E-state index in [0.717, 1.165) is 16.9 Å². The quantitative estimate of drug-likeness (QED) is 0.786. The van der Waals surface area contributed by atoms with Gasteiger partial charge in [0.2, 0.25) is 0 Å². The molecule has 130 valence electrons. The van der Waals surface area contributed by atoms with Crippen molar-refractivity contribution in [3.63, 3.8) is 0 Å². The van der Waals surface area contributed by atoms with Crippen molar-refractivity contribution in [2.45, 2.75) is 40.3 Å². The number of hydrogen-bond donors (Lipinski definition) is 0. The molecule has 3 nitrogen and oxygen atoms in total. The Morgan fingerprint density at radius 2 is 1.74 bits per heavy atom. The van der Waals surface area contributed by atoms with Gasteiger partial charge in [-0.3, -0.25) is 4.79 Å². The van der Waals surface area contributed by atoms with Crippen molar-refractivity contribution >= 4 is 5.91 Å². The monoisotopic (exact) mass is 331 g/mol. The molecule has 23 heavy (non-hydrogen) atoms. The third-order valence-electron chi connectivity index (χ3n) is 3.09. The summed E-state index contributed by atoms with van der Waals surface area (Å²) in [6.07, 6.45) is -3.71. The first-order valence-electron chi connectivity index (χ1n) is 7.57. The van der Waals surface area contributed by atoms with E-state index in [4.69, 9.17) is 4.74 Å². The van der Waals surface area contributed by atoms with Crippen LogP contribution < -0.4 is 4.74 Å². The van der Waals surface area contributed by atoms with Crippen molar-refractivity contribution in [2.24, 2.45) is 5.41 Å². The van der Waals surface area contributed by atoms with Crippen LogP contribution in [0.4, 0.5) is 13.2 Å². The van der Waals surface area contributed by atoms with Gasteiger partial charge in [-0.1, -0.05) is 45.9 Å². The molecule has 0 saturated heterocycles. The fourth-order valence-electron chi connectivity index (χ4n) is 2.19. The van der Waals surface area contributed by atoms with Crippen molar-refractivity contribution < 1.29 is 22.7 Å². The van der Waals surface area contributed by atoms with E-state index in [-0.39, 0.29) is 6.54 Å². The van der Waals surface area contributed by atoms with E-state index in [0.29, 0.717) is 5.75 Å². The molecule has 1 aromatic carbocycles. The lowest BCUT2D eigenvalue weighted by Gasteiger charge is -2.30. The van der Waals surface area contributed by atoms with Crippen molar-refractivity contribution in [1.29, 1.82) is 0 Å². The number of aryl methyl sites for hydroxylation is 1. The highest BCUT2D eigenvalue weighted by atomic mass is 19.4. The van der Waals surface area contributed by atoms with Crippen LogP contribution in [-0.4, -0.2) is 36.7 Å². The van der Waals surface area contributed by atoms with Gasteiger partial charge in [0, 0.05) is 6.54 Å². The number of benzene rings is 1. The molecule has 1 aromatic rings. The summed E-state index contributed by atoms with van der Waals surface area (Å²) < 4.78 is 43.5. The van der Waals surface area contributed by atoms with Gasteiger partial charge >= 0.3 is 6.18 Å². The Morgan fingerprint density at radius 3 is 2.26 bits per heavy atom. The summed E-state index contributed by atoms with van der Waals surface area (Å²) in [5.74, 6) is -0.130. The second kappa shape index (κ2) is 7.70. The molecule has 0 saturated carbocycles. The van der Waals surface area contributed by atoms with Gasteiger partial charge in [-0.25, -0.2) is 0 Å². The average molecular weight is 331 g/mol. The van der Waals surface area contributed by atoms with Crippen LogP contribution in [0.5, 0.6) is 5.75 Å². The van der Waals surface area contributed by atoms with Crippen LogP contribution in [0, 0.1) is 5.41 Å². The molecule has 0 heterocycles. The predicted molar refractivity (Wildman–Crippen MR) is 83.4 cm³/mol. The van der Waals surface area contributed by atoms with Crippen LogP contribution in [0.3, 0.4) is 0 Å². The largest absolute Gasteiger partial charge is 0.483 e. The van der Waals surface area contributed by atoms with Crippen LogP contribution >= 0.6 is 0 Å². The molecule has 1 rings (SSSR count). The minimum Gasteiger partial charge on any atom is -0.483 e. The van der Waals surface area contributed by atoms with Crippen molar-refractivity contribution in [1.82, 2.24) is 4.90 Å². The summed E-state index contributed by atoms with van der Waals surface area (Å²) in [5, 5.41) is 0. The van der Waals surface area contributed by atoms with Gasteiger partial charge in [-0.05, 0) is 23.5 Å². The maximum atomic E-state index is 12.7. The molecular formula is C17H24F3NO2. The van der Waals surface area contributed by atoms with Gasteiger partial charge in [0.25, 0.3) is 5.91 Å². The van der Waals surface area contributed by atoms with E-state index in [2.05, 4.69) is 0 Å². The zero-order valence-corrected chi connectivity index (χ0v) is 14.0. The molecule has 0 unspecified atom stereocenters. The standard InChI is InChI=1S/C17H24F3NO2/c1-5-13-8-6-7-9-14(13)23-10-15(22)21(11-16(2,3)4)12-17(18,19)20/h6-9H,5,10-12H2,1-4H3. The summed E-state index contributed by atoms with van der Waals surface area (Å²) in [7, 11) is 0. The lowest BCUT2D eigenvalue weighted by atomic mass is 9.96. The third kappa shape index (κ3) is 7.39. The molecule has 0 radical (unpaired) electrons. The van der Waals surface area contributed by atoms with Crippen LogP contribution in [-0.2, 0) is 11.2 Å². The topological polar surface area (TPSA) is 29.5 Å². The normalized spacial score (nSPS) is 12.1. The molecule has 0 atom stereocenters. The van der Waals surface area contributed by atoms with Crippen LogP contribution in [0.25, 0.3) is 0 Å². The minimum atomic E-state index is -4.43. The van der Waals surface area contributed by atoms with Gasteiger partial charge in [-0.15, -0.1) is 0 Å². The minimum absolute atomic E-state index is 0.0180. The number of rotatable bonds is 6. The Bertz CT molecular complexity index is 505. The lowest BCUT2D eigenvalue weighted by Crippen LogP contribution is -2.45. The van der Waals surface area contributed by atoms with Gasteiger partial charge in [0.05, 0.1) is 0 Å². The fraction of sp³-hybridized carbons (Fsp3) is 0.588. The number of hydrogen-bond acceptors (Lipinski definition) is 2. The molecule has 1 amide bonds. The highest BCUT2D eigenvalue weighted by Gasteiger charge is 2.34. The van der Waals surface area contributed by atoms with Gasteiger partial charge in [0.15, 0.2) is 6.61 Å². The van der Waals surface area contributed by atoms with Crippen molar-refractivity contribution in [2.75, 3.05) is 19.7 Å². The summed E-state index contributed by atoms with van der Waals surface area (Å²) in [6.45, 7) is 5.67. The van der Waals surface area contributed by atoms with Gasteiger partial charge in [-0.2, -0.15) is 13.2 Å². The Balaban J connectivity index is 2.76. The Labute approximate surface area is 135 Å². The Morgan fingerprint density at radius 1 is 1.13 bits per heavy atom. The number of carbonyl (C=O) groups excluding carboxylic acids is 1. The van der Waals surface area contributed by atoms with Crippen molar-refractivity contribution in [3.8, 4) is 5.75 Å². The van der Waals surface area contributed by atoms with Gasteiger partial charge in [0.1, 0.15) is 12.3 Å². The van der Waals surface area contributed by atoms with E-state index in [9.17, 15) is 18.0 Å². The number of halogens is 3. The molecule has 0 fully saturated rings. The van der Waals surface area contributed by atoms with Gasteiger partial charge < -0.3 is 9.64 Å². The van der Waals surface area contributed by atoms with Crippen molar-refractivity contribution in [3.05, 3.63) is 29.8 Å². The second-order valence-corrected chi connectivity index (χ2v) is 6.68. The second-order valence-electron chi connectivity index (χ2n) is 6.68. The molecule has 0 N–H and O–H groups in total. The van der Waals surface area contributed by atoms with E-state index >= 15 is 0 Å². The number of amides is 1. The molecule has 0 aromatic heterocycles. The molecule has 0 bridgehead atoms. The Kier molecular flexibility index (Phi) is 6.47. The molecule has 0 spiro atoms. The molecule has 0 aliphatic heterocycles. The van der Waals surface area contributed by atoms with Crippen LogP contribution in [0.15, 0.2) is 24.3 Å². The molecule has 6 heteroatoms. The number of carbonyl (C=O) groups is 1. The first-order chi connectivity index (χ1) is 10.5. The summed E-state index contributed by atoms with van der Waals surface area (Å²) in [5.41, 5.74) is 0.487. The van der Waals surface area contributed by atoms with Crippen LogP contribution in [0.2, 0.25) is 0 Å². The summed E-state index contributed by atoms with van der Waals surface area (Å²) in [4.78, 5) is 13.0. The summed E-state index contributed by atoms with van der Waals surface area (Å²) in [6, 6.07) is 7.19. The lowest BCUT2D eigenvalue weighted by molar-refractivity contribution is -0.164. The molecular weight excluding hydrogens is 307 g/mol. The third-order valence-corrected chi connectivity index (χ3v) is 3.09. The summed E-state index contributed by atoms with van der Waals surface area (Å²) >= 11 is 0. The Hall–Kier alpha value is -1.72. The van der Waals surface area contributed by atoms with E-state index in [1.807, 2.05) is 19.1 Å². The smallest absolute Gasteiger partial charge is 0.406 e. The molecule has 0 aliphatic rings. The highest BCUT2D eigenvalue weighted by Crippen LogP contribution is 2.22. The fourth-order valence-corrected chi connectivity index (χ4v) is 2.19. The average Bonchev–Trinajstić information content (AvgIpc) is 2.41. The number of alkyl halides is 3.